The van der Waals surface area contributed by atoms with Gasteiger partial charge in [-0.1, -0.05) is 30.3 Å². The van der Waals surface area contributed by atoms with E-state index in [1.807, 2.05) is 30.3 Å². The van der Waals surface area contributed by atoms with Crippen molar-refractivity contribution in [3.05, 3.63) is 42.5 Å². The molecule has 3 rings (SSSR count). The number of anilines is 1. The number of carbonyl (C=O) groups excluding carboxylic acids is 1. The summed E-state index contributed by atoms with van der Waals surface area (Å²) in [6, 6.07) is 14.2. The number of fused-ring (bicyclic) bond motifs is 1. The van der Waals surface area contributed by atoms with Gasteiger partial charge in [-0.2, -0.15) is 0 Å². The highest BCUT2D eigenvalue weighted by Gasteiger charge is 2.14. The molecule has 0 spiro atoms. The standard InChI is InChI=1S/C16H18N2O/c19-16(12-18-9-3-4-10-18)17-15-8-7-13-5-1-2-6-14(13)11-15/h1-2,5-8,11H,3-4,9-10,12H2,(H,17,19). The molecule has 0 unspecified atom stereocenters. The zero-order valence-electron chi connectivity index (χ0n) is 10.9. The molecule has 1 N–H and O–H groups in total. The maximum Gasteiger partial charge on any atom is 0.238 e. The Hall–Kier alpha value is -1.87. The fraction of sp³-hybridized carbons (Fsp3) is 0.312. The van der Waals surface area contributed by atoms with Gasteiger partial charge in [-0.3, -0.25) is 9.69 Å². The topological polar surface area (TPSA) is 32.3 Å². The van der Waals surface area contributed by atoms with Crippen LogP contribution < -0.4 is 5.32 Å². The number of likely N-dealkylation sites (tertiary alicyclic amines) is 1. The number of benzene rings is 2. The number of amides is 1. The Balaban J connectivity index is 1.68. The second-order valence-corrected chi connectivity index (χ2v) is 5.09. The molecule has 19 heavy (non-hydrogen) atoms. The van der Waals surface area contributed by atoms with Crippen LogP contribution in [0.15, 0.2) is 42.5 Å². The van der Waals surface area contributed by atoms with E-state index in [1.165, 1.54) is 18.2 Å². The first-order valence-corrected chi connectivity index (χ1v) is 6.82. The predicted molar refractivity (Wildman–Crippen MR) is 78.3 cm³/mol. The van der Waals surface area contributed by atoms with Crippen molar-refractivity contribution in [1.29, 1.82) is 0 Å². The molecule has 3 nitrogen and oxygen atoms in total. The van der Waals surface area contributed by atoms with Gasteiger partial charge in [0.15, 0.2) is 0 Å². The van der Waals surface area contributed by atoms with E-state index in [2.05, 4.69) is 22.3 Å². The summed E-state index contributed by atoms with van der Waals surface area (Å²) in [4.78, 5) is 14.2. The highest BCUT2D eigenvalue weighted by atomic mass is 16.2. The van der Waals surface area contributed by atoms with Gasteiger partial charge in [0.05, 0.1) is 6.54 Å². The van der Waals surface area contributed by atoms with E-state index in [-0.39, 0.29) is 5.91 Å². The van der Waals surface area contributed by atoms with Crippen LogP contribution in [0.4, 0.5) is 5.69 Å². The van der Waals surface area contributed by atoms with Gasteiger partial charge in [0.25, 0.3) is 0 Å². The number of hydrogen-bond acceptors (Lipinski definition) is 2. The van der Waals surface area contributed by atoms with E-state index in [0.29, 0.717) is 6.54 Å². The molecular weight excluding hydrogens is 236 g/mol. The lowest BCUT2D eigenvalue weighted by atomic mass is 10.1. The molecule has 1 amide bonds. The summed E-state index contributed by atoms with van der Waals surface area (Å²) in [5, 5.41) is 5.33. The van der Waals surface area contributed by atoms with Crippen LogP contribution in [0.5, 0.6) is 0 Å². The summed E-state index contributed by atoms with van der Waals surface area (Å²) in [7, 11) is 0. The van der Waals surface area contributed by atoms with Gasteiger partial charge in [-0.15, -0.1) is 0 Å². The molecule has 1 fully saturated rings. The Morgan fingerprint density at radius 2 is 1.79 bits per heavy atom. The highest BCUT2D eigenvalue weighted by molar-refractivity contribution is 5.95. The van der Waals surface area contributed by atoms with Crippen LogP contribution in [0.25, 0.3) is 10.8 Å². The van der Waals surface area contributed by atoms with Crippen LogP contribution in [0.2, 0.25) is 0 Å². The maximum atomic E-state index is 12.0. The minimum absolute atomic E-state index is 0.0807. The van der Waals surface area contributed by atoms with E-state index in [4.69, 9.17) is 0 Å². The number of carbonyl (C=O) groups is 1. The summed E-state index contributed by atoms with van der Waals surface area (Å²) in [6.45, 7) is 2.60. The molecule has 0 saturated carbocycles. The van der Waals surface area contributed by atoms with Gasteiger partial charge >= 0.3 is 0 Å². The second kappa shape index (κ2) is 5.41. The summed E-state index contributed by atoms with van der Waals surface area (Å²) >= 11 is 0. The zero-order chi connectivity index (χ0) is 13.1. The van der Waals surface area contributed by atoms with E-state index >= 15 is 0 Å². The third-order valence-electron chi connectivity index (χ3n) is 3.60. The molecule has 2 aromatic rings. The smallest absolute Gasteiger partial charge is 0.238 e. The fourth-order valence-electron chi connectivity index (χ4n) is 2.61. The van der Waals surface area contributed by atoms with Crippen molar-refractivity contribution in [1.82, 2.24) is 4.90 Å². The van der Waals surface area contributed by atoms with Crippen molar-refractivity contribution in [2.24, 2.45) is 0 Å². The highest BCUT2D eigenvalue weighted by Crippen LogP contribution is 2.18. The molecule has 0 aliphatic carbocycles. The van der Waals surface area contributed by atoms with Crippen LogP contribution in [0.3, 0.4) is 0 Å². The van der Waals surface area contributed by atoms with Crippen molar-refractivity contribution >= 4 is 22.4 Å². The number of nitrogens with one attached hydrogen (secondary N) is 1. The average molecular weight is 254 g/mol. The monoisotopic (exact) mass is 254 g/mol. The van der Waals surface area contributed by atoms with Crippen LogP contribution in [-0.2, 0) is 4.79 Å². The first kappa shape index (κ1) is 12.2. The van der Waals surface area contributed by atoms with Crippen LogP contribution >= 0.6 is 0 Å². The third-order valence-corrected chi connectivity index (χ3v) is 3.60. The van der Waals surface area contributed by atoms with E-state index < -0.39 is 0 Å². The molecule has 98 valence electrons. The molecule has 3 heteroatoms. The lowest BCUT2D eigenvalue weighted by Gasteiger charge is -2.14. The lowest BCUT2D eigenvalue weighted by molar-refractivity contribution is -0.117. The van der Waals surface area contributed by atoms with E-state index in [9.17, 15) is 4.79 Å². The van der Waals surface area contributed by atoms with E-state index in [0.717, 1.165) is 24.2 Å². The normalized spacial score (nSPS) is 15.8. The molecule has 1 aliphatic rings. The molecule has 2 aromatic carbocycles. The molecule has 1 aliphatic heterocycles. The van der Waals surface area contributed by atoms with Gasteiger partial charge in [-0.25, -0.2) is 0 Å². The van der Waals surface area contributed by atoms with Crippen LogP contribution in [0.1, 0.15) is 12.8 Å². The fourth-order valence-corrected chi connectivity index (χ4v) is 2.61. The average Bonchev–Trinajstić information content (AvgIpc) is 2.91. The summed E-state index contributed by atoms with van der Waals surface area (Å²) in [6.07, 6.45) is 2.42. The van der Waals surface area contributed by atoms with E-state index in [1.54, 1.807) is 0 Å². The number of rotatable bonds is 3. The Kier molecular flexibility index (Phi) is 3.47. The number of nitrogens with zero attached hydrogens (tertiary/aromatic N) is 1. The Morgan fingerprint density at radius 3 is 2.58 bits per heavy atom. The van der Waals surface area contributed by atoms with Gasteiger partial charge in [0, 0.05) is 5.69 Å². The molecule has 1 heterocycles. The summed E-state index contributed by atoms with van der Waals surface area (Å²) in [5.41, 5.74) is 0.878. The van der Waals surface area contributed by atoms with Crippen molar-refractivity contribution in [3.8, 4) is 0 Å². The molecule has 0 atom stereocenters. The maximum absolute atomic E-state index is 12.0. The van der Waals surface area contributed by atoms with Crippen molar-refractivity contribution in [3.63, 3.8) is 0 Å². The van der Waals surface area contributed by atoms with Gasteiger partial charge in [0.1, 0.15) is 0 Å². The van der Waals surface area contributed by atoms with Gasteiger partial charge in [-0.05, 0) is 48.8 Å². The molecular formula is C16H18N2O. The first-order valence-electron chi connectivity index (χ1n) is 6.82. The van der Waals surface area contributed by atoms with Crippen molar-refractivity contribution in [2.75, 3.05) is 25.0 Å². The Bertz CT molecular complexity index is 588. The summed E-state index contributed by atoms with van der Waals surface area (Å²) < 4.78 is 0. The molecule has 0 aromatic heterocycles. The molecule has 0 radical (unpaired) electrons. The minimum Gasteiger partial charge on any atom is -0.325 e. The second-order valence-electron chi connectivity index (χ2n) is 5.09. The Morgan fingerprint density at radius 1 is 1.05 bits per heavy atom. The Labute approximate surface area is 113 Å². The summed E-state index contributed by atoms with van der Waals surface area (Å²) in [5.74, 6) is 0.0807. The number of hydrogen-bond donors (Lipinski definition) is 1. The van der Waals surface area contributed by atoms with Gasteiger partial charge in [0.2, 0.25) is 5.91 Å². The van der Waals surface area contributed by atoms with Crippen molar-refractivity contribution in [2.45, 2.75) is 12.8 Å². The van der Waals surface area contributed by atoms with Gasteiger partial charge < -0.3 is 5.32 Å². The lowest BCUT2D eigenvalue weighted by Crippen LogP contribution is -2.30. The molecule has 0 bridgehead atoms. The largest absolute Gasteiger partial charge is 0.325 e. The first-order chi connectivity index (χ1) is 9.31. The van der Waals surface area contributed by atoms with Crippen LogP contribution in [0, 0.1) is 0 Å². The quantitative estimate of drug-likeness (QED) is 0.913. The van der Waals surface area contributed by atoms with Crippen LogP contribution in [-0.4, -0.2) is 30.4 Å². The predicted octanol–water partition coefficient (Wildman–Crippen LogP) is 2.87. The zero-order valence-corrected chi connectivity index (χ0v) is 10.9. The molecule has 1 saturated heterocycles. The minimum atomic E-state index is 0.0807. The van der Waals surface area contributed by atoms with Crippen molar-refractivity contribution < 1.29 is 4.79 Å². The third kappa shape index (κ3) is 2.93. The SMILES string of the molecule is O=C(CN1CCCC1)Nc1ccc2ccccc2c1.